The van der Waals surface area contributed by atoms with Gasteiger partial charge >= 0.3 is 6.18 Å². The molecule has 20 heavy (non-hydrogen) atoms. The minimum Gasteiger partial charge on any atom is -0.339 e. The van der Waals surface area contributed by atoms with Crippen molar-refractivity contribution >= 4 is 23.1 Å². The summed E-state index contributed by atoms with van der Waals surface area (Å²) in [6.07, 6.45) is -4.44. The predicted octanol–water partition coefficient (Wildman–Crippen LogP) is 4.51. The molecule has 0 amide bonds. The monoisotopic (exact) mass is 301 g/mol. The quantitative estimate of drug-likeness (QED) is 0.829. The third-order valence-corrected chi connectivity index (χ3v) is 3.05. The van der Waals surface area contributed by atoms with Gasteiger partial charge < -0.3 is 5.32 Å². The highest BCUT2D eigenvalue weighted by Crippen LogP contribution is 2.36. The van der Waals surface area contributed by atoms with E-state index in [4.69, 9.17) is 11.6 Å². The van der Waals surface area contributed by atoms with Gasteiger partial charge in [-0.15, -0.1) is 0 Å². The van der Waals surface area contributed by atoms with E-state index in [-0.39, 0.29) is 16.7 Å². The Hall–Kier alpha value is -1.82. The molecule has 2 rings (SSSR count). The lowest BCUT2D eigenvalue weighted by Gasteiger charge is -2.15. The molecule has 3 nitrogen and oxygen atoms in total. The fraction of sp³-hybridized carbons (Fsp3) is 0.231. The minimum absolute atomic E-state index is 0.0720. The summed E-state index contributed by atoms with van der Waals surface area (Å²) in [6.45, 7) is 3.26. The van der Waals surface area contributed by atoms with Gasteiger partial charge in [0.1, 0.15) is 16.8 Å². The molecular weight excluding hydrogens is 291 g/mol. The molecule has 0 aliphatic heterocycles. The third kappa shape index (κ3) is 3.01. The van der Waals surface area contributed by atoms with Crippen LogP contribution in [-0.2, 0) is 6.18 Å². The number of nitrogens with zero attached hydrogens (tertiary/aromatic N) is 2. The highest BCUT2D eigenvalue weighted by molar-refractivity contribution is 6.30. The second kappa shape index (κ2) is 5.28. The second-order valence-electron chi connectivity index (χ2n) is 4.20. The summed E-state index contributed by atoms with van der Waals surface area (Å²) in [7, 11) is 0. The maximum atomic E-state index is 12.9. The largest absolute Gasteiger partial charge is 0.418 e. The van der Waals surface area contributed by atoms with Gasteiger partial charge in [0.2, 0.25) is 0 Å². The van der Waals surface area contributed by atoms with E-state index in [1.165, 1.54) is 18.2 Å². The summed E-state index contributed by atoms with van der Waals surface area (Å²) in [5.41, 5.74) is -0.335. The van der Waals surface area contributed by atoms with Crippen LogP contribution in [0.5, 0.6) is 0 Å². The van der Waals surface area contributed by atoms with Crippen molar-refractivity contribution in [3.63, 3.8) is 0 Å². The Morgan fingerprint density at radius 1 is 1.10 bits per heavy atom. The lowest BCUT2D eigenvalue weighted by Crippen LogP contribution is -2.10. The number of anilines is 2. The summed E-state index contributed by atoms with van der Waals surface area (Å²) in [5.74, 6) is 0.645. The molecule has 7 heteroatoms. The van der Waals surface area contributed by atoms with Crippen LogP contribution < -0.4 is 5.32 Å². The van der Waals surface area contributed by atoms with E-state index < -0.39 is 11.7 Å². The topological polar surface area (TPSA) is 37.8 Å². The maximum absolute atomic E-state index is 12.9. The Morgan fingerprint density at radius 3 is 2.40 bits per heavy atom. The number of halogens is 4. The maximum Gasteiger partial charge on any atom is 0.418 e. The van der Waals surface area contributed by atoms with E-state index in [0.717, 1.165) is 6.07 Å². The van der Waals surface area contributed by atoms with Crippen LogP contribution in [0.4, 0.5) is 24.7 Å². The summed E-state index contributed by atoms with van der Waals surface area (Å²) in [4.78, 5) is 8.02. The van der Waals surface area contributed by atoms with Crippen LogP contribution >= 0.6 is 11.6 Å². The zero-order chi connectivity index (χ0) is 14.9. The molecule has 1 N–H and O–H groups in total. The molecular formula is C13H11ClF3N3. The summed E-state index contributed by atoms with van der Waals surface area (Å²) < 4.78 is 38.7. The van der Waals surface area contributed by atoms with Crippen LogP contribution in [-0.4, -0.2) is 9.97 Å². The van der Waals surface area contributed by atoms with Gasteiger partial charge in [-0.05, 0) is 26.0 Å². The zero-order valence-corrected chi connectivity index (χ0v) is 11.5. The Bertz CT molecular complexity index is 641. The predicted molar refractivity (Wildman–Crippen MR) is 71.2 cm³/mol. The van der Waals surface area contributed by atoms with Gasteiger partial charge in [0, 0.05) is 5.56 Å². The molecule has 0 fully saturated rings. The molecule has 0 saturated carbocycles. The van der Waals surface area contributed by atoms with Gasteiger partial charge in [-0.3, -0.25) is 0 Å². The first kappa shape index (κ1) is 14.6. The van der Waals surface area contributed by atoms with Crippen LogP contribution in [0.1, 0.15) is 17.0 Å². The Balaban J connectivity index is 2.46. The molecule has 0 unspecified atom stereocenters. The number of aromatic nitrogens is 2. The van der Waals surface area contributed by atoms with Gasteiger partial charge in [-0.2, -0.15) is 13.2 Å². The first-order valence-electron chi connectivity index (χ1n) is 5.73. The van der Waals surface area contributed by atoms with Gasteiger partial charge in [0.15, 0.2) is 0 Å². The number of hydrogen-bond acceptors (Lipinski definition) is 3. The lowest BCUT2D eigenvalue weighted by molar-refractivity contribution is -0.136. The molecule has 1 aromatic heterocycles. The van der Waals surface area contributed by atoms with Crippen molar-refractivity contribution in [3.05, 3.63) is 46.4 Å². The number of alkyl halides is 3. The molecule has 2 aromatic rings. The molecule has 0 aliphatic carbocycles. The number of rotatable bonds is 2. The highest BCUT2D eigenvalue weighted by atomic mass is 35.5. The average Bonchev–Trinajstić information content (AvgIpc) is 2.34. The van der Waals surface area contributed by atoms with Crippen molar-refractivity contribution < 1.29 is 13.2 Å². The van der Waals surface area contributed by atoms with E-state index in [1.807, 2.05) is 0 Å². The number of nitrogens with one attached hydrogen (secondary N) is 1. The molecule has 1 aromatic carbocycles. The van der Waals surface area contributed by atoms with Crippen molar-refractivity contribution in [1.82, 2.24) is 9.97 Å². The standard InChI is InChI=1S/C13H11ClF3N3/c1-7-11(14)18-8(2)19-12(7)20-10-6-4-3-5-9(10)13(15,16)17/h3-6H,1-2H3,(H,18,19,20). The molecule has 106 valence electrons. The van der Waals surface area contributed by atoms with Crippen molar-refractivity contribution in [2.75, 3.05) is 5.32 Å². The summed E-state index contributed by atoms with van der Waals surface area (Å²) in [6, 6.07) is 5.20. The minimum atomic E-state index is -4.44. The lowest BCUT2D eigenvalue weighted by atomic mass is 10.1. The molecule has 0 saturated heterocycles. The number of aryl methyl sites for hydroxylation is 1. The zero-order valence-electron chi connectivity index (χ0n) is 10.7. The van der Waals surface area contributed by atoms with E-state index >= 15 is 0 Å². The third-order valence-electron chi connectivity index (χ3n) is 2.68. The molecule has 1 heterocycles. The van der Waals surface area contributed by atoms with Crippen LogP contribution in [0.15, 0.2) is 24.3 Å². The Morgan fingerprint density at radius 2 is 1.75 bits per heavy atom. The van der Waals surface area contributed by atoms with Gasteiger partial charge in [-0.1, -0.05) is 23.7 Å². The number of benzene rings is 1. The molecule has 0 spiro atoms. The van der Waals surface area contributed by atoms with Crippen LogP contribution in [0.3, 0.4) is 0 Å². The molecule has 0 bridgehead atoms. The van der Waals surface area contributed by atoms with Gasteiger partial charge in [0.05, 0.1) is 11.3 Å². The normalized spacial score (nSPS) is 11.5. The summed E-state index contributed by atoms with van der Waals surface area (Å²) in [5, 5.41) is 2.89. The second-order valence-corrected chi connectivity index (χ2v) is 4.56. The highest BCUT2D eigenvalue weighted by Gasteiger charge is 2.33. The van der Waals surface area contributed by atoms with Crippen LogP contribution in [0.2, 0.25) is 5.15 Å². The molecule has 0 aliphatic rings. The van der Waals surface area contributed by atoms with Crippen molar-refractivity contribution in [2.45, 2.75) is 20.0 Å². The van der Waals surface area contributed by atoms with E-state index in [2.05, 4.69) is 15.3 Å². The van der Waals surface area contributed by atoms with Gasteiger partial charge in [-0.25, -0.2) is 9.97 Å². The fourth-order valence-corrected chi connectivity index (χ4v) is 1.89. The fourth-order valence-electron chi connectivity index (χ4n) is 1.68. The van der Waals surface area contributed by atoms with Crippen molar-refractivity contribution in [1.29, 1.82) is 0 Å². The first-order valence-corrected chi connectivity index (χ1v) is 6.11. The van der Waals surface area contributed by atoms with E-state index in [9.17, 15) is 13.2 Å². The SMILES string of the molecule is Cc1nc(Cl)c(C)c(Nc2ccccc2C(F)(F)F)n1. The number of hydrogen-bond donors (Lipinski definition) is 1. The first-order chi connectivity index (χ1) is 9.29. The number of para-hydroxylation sites is 1. The smallest absolute Gasteiger partial charge is 0.339 e. The van der Waals surface area contributed by atoms with Crippen LogP contribution in [0.25, 0.3) is 0 Å². The van der Waals surface area contributed by atoms with Crippen LogP contribution in [0, 0.1) is 13.8 Å². The molecule has 0 radical (unpaired) electrons. The summed E-state index contributed by atoms with van der Waals surface area (Å²) >= 11 is 5.90. The Labute approximate surface area is 118 Å². The van der Waals surface area contributed by atoms with Gasteiger partial charge in [0.25, 0.3) is 0 Å². The van der Waals surface area contributed by atoms with Crippen molar-refractivity contribution in [3.8, 4) is 0 Å². The average molecular weight is 302 g/mol. The molecule has 0 atom stereocenters. The van der Waals surface area contributed by atoms with Crippen molar-refractivity contribution in [2.24, 2.45) is 0 Å². The Kier molecular flexibility index (Phi) is 3.85. The van der Waals surface area contributed by atoms with E-state index in [1.54, 1.807) is 13.8 Å². The van der Waals surface area contributed by atoms with E-state index in [0.29, 0.717) is 11.4 Å².